The molecule has 0 spiro atoms. The van der Waals surface area contributed by atoms with Crippen LogP contribution in [0, 0.1) is 0 Å². The number of benzene rings is 1. The molecule has 1 atom stereocenters. The van der Waals surface area contributed by atoms with E-state index in [-0.39, 0.29) is 0 Å². The van der Waals surface area contributed by atoms with Crippen LogP contribution in [0.5, 0.6) is 0 Å². The predicted octanol–water partition coefficient (Wildman–Crippen LogP) is 2.11. The van der Waals surface area contributed by atoms with Crippen molar-refractivity contribution in [1.82, 2.24) is 20.6 Å². The molecule has 4 nitrogen and oxygen atoms in total. The van der Waals surface area contributed by atoms with Gasteiger partial charge in [-0.1, -0.05) is 26.0 Å². The molecule has 1 aromatic heterocycles. The smallest absolute Gasteiger partial charge is 0.0890 e. The van der Waals surface area contributed by atoms with Crippen LogP contribution in [-0.2, 0) is 6.54 Å². The molecule has 0 amide bonds. The van der Waals surface area contributed by atoms with E-state index in [1.54, 1.807) is 0 Å². The highest BCUT2D eigenvalue weighted by Crippen LogP contribution is 2.08. The highest BCUT2D eigenvalue weighted by atomic mass is 15.0. The quantitative estimate of drug-likeness (QED) is 0.833. The van der Waals surface area contributed by atoms with Gasteiger partial charge >= 0.3 is 0 Å². The Bertz CT molecular complexity index is 524. The Morgan fingerprint density at radius 2 is 1.79 bits per heavy atom. The molecular weight excluding hydrogens is 236 g/mol. The van der Waals surface area contributed by atoms with Crippen LogP contribution < -0.4 is 10.6 Å². The van der Waals surface area contributed by atoms with E-state index >= 15 is 0 Å². The third kappa shape index (κ3) is 4.26. The maximum absolute atomic E-state index is 4.60. The van der Waals surface area contributed by atoms with E-state index in [0.29, 0.717) is 12.1 Å². The summed E-state index contributed by atoms with van der Waals surface area (Å²) < 4.78 is 0. The van der Waals surface area contributed by atoms with Gasteiger partial charge in [0.2, 0.25) is 0 Å². The molecule has 102 valence electrons. The molecule has 2 rings (SSSR count). The minimum atomic E-state index is 0.413. The lowest BCUT2D eigenvalue weighted by molar-refractivity contribution is 0.471. The molecule has 0 saturated carbocycles. The zero-order valence-corrected chi connectivity index (χ0v) is 11.9. The van der Waals surface area contributed by atoms with Crippen LogP contribution in [0.4, 0.5) is 0 Å². The van der Waals surface area contributed by atoms with E-state index in [2.05, 4.69) is 41.4 Å². The molecular formula is C15H22N4. The maximum atomic E-state index is 4.60. The highest BCUT2D eigenvalue weighted by Gasteiger charge is 2.04. The largest absolute Gasteiger partial charge is 0.313 e. The minimum Gasteiger partial charge on any atom is -0.313 e. The van der Waals surface area contributed by atoms with Crippen LogP contribution in [0.15, 0.2) is 30.5 Å². The highest BCUT2D eigenvalue weighted by molar-refractivity contribution is 5.73. The van der Waals surface area contributed by atoms with E-state index in [4.69, 9.17) is 0 Å². The molecule has 0 saturated heterocycles. The first-order valence-corrected chi connectivity index (χ1v) is 6.82. The molecule has 0 aliphatic heterocycles. The van der Waals surface area contributed by atoms with Gasteiger partial charge in [0.15, 0.2) is 0 Å². The van der Waals surface area contributed by atoms with E-state index < -0.39 is 0 Å². The molecule has 0 fully saturated rings. The summed E-state index contributed by atoms with van der Waals surface area (Å²) in [6.07, 6.45) is 1.85. The van der Waals surface area contributed by atoms with Gasteiger partial charge in [0.05, 0.1) is 22.9 Å². The zero-order chi connectivity index (χ0) is 13.7. The third-order valence-corrected chi connectivity index (χ3v) is 2.96. The first kappa shape index (κ1) is 13.9. The number of hydrogen-bond donors (Lipinski definition) is 2. The maximum Gasteiger partial charge on any atom is 0.0890 e. The van der Waals surface area contributed by atoms with Crippen LogP contribution in [0.25, 0.3) is 11.0 Å². The summed E-state index contributed by atoms with van der Waals surface area (Å²) in [5.41, 5.74) is 2.88. The van der Waals surface area contributed by atoms with Gasteiger partial charge in [-0.25, -0.2) is 4.98 Å². The summed E-state index contributed by atoms with van der Waals surface area (Å²) in [7, 11) is 0. The van der Waals surface area contributed by atoms with Gasteiger partial charge in [-0.05, 0) is 19.1 Å². The topological polar surface area (TPSA) is 49.8 Å². The molecule has 2 N–H and O–H groups in total. The molecule has 1 aromatic carbocycles. The number of rotatable bonds is 6. The number of fused-ring (bicyclic) bond motifs is 1. The fourth-order valence-corrected chi connectivity index (χ4v) is 1.84. The van der Waals surface area contributed by atoms with Gasteiger partial charge in [0, 0.05) is 25.2 Å². The van der Waals surface area contributed by atoms with Gasteiger partial charge in [0.1, 0.15) is 0 Å². The first-order valence-electron chi connectivity index (χ1n) is 6.82. The van der Waals surface area contributed by atoms with E-state index in [9.17, 15) is 0 Å². The number of nitrogens with zero attached hydrogens (tertiary/aromatic N) is 2. The molecule has 19 heavy (non-hydrogen) atoms. The van der Waals surface area contributed by atoms with Gasteiger partial charge in [-0.2, -0.15) is 0 Å². The van der Waals surface area contributed by atoms with Crippen molar-refractivity contribution >= 4 is 11.0 Å². The summed E-state index contributed by atoms with van der Waals surface area (Å²) in [4.78, 5) is 9.01. The van der Waals surface area contributed by atoms with E-state index in [1.807, 2.05) is 30.5 Å². The molecule has 0 aliphatic rings. The first-order chi connectivity index (χ1) is 9.15. The van der Waals surface area contributed by atoms with Crippen molar-refractivity contribution in [2.24, 2.45) is 0 Å². The zero-order valence-electron chi connectivity index (χ0n) is 11.9. The Morgan fingerprint density at radius 1 is 1.05 bits per heavy atom. The van der Waals surface area contributed by atoms with Crippen molar-refractivity contribution < 1.29 is 0 Å². The van der Waals surface area contributed by atoms with Crippen LogP contribution in [-0.4, -0.2) is 28.6 Å². The SMILES string of the molecule is CC(C)NCC(C)NCc1cnc2ccccc2n1. The van der Waals surface area contributed by atoms with Crippen molar-refractivity contribution in [2.75, 3.05) is 6.54 Å². The lowest BCUT2D eigenvalue weighted by Gasteiger charge is -2.16. The van der Waals surface area contributed by atoms with Crippen LogP contribution >= 0.6 is 0 Å². The molecule has 1 heterocycles. The molecule has 0 bridgehead atoms. The normalized spacial score (nSPS) is 13.1. The fourth-order valence-electron chi connectivity index (χ4n) is 1.84. The van der Waals surface area contributed by atoms with Gasteiger partial charge in [0.25, 0.3) is 0 Å². The lowest BCUT2D eigenvalue weighted by Crippen LogP contribution is -2.38. The average Bonchev–Trinajstić information content (AvgIpc) is 2.42. The second kappa shape index (κ2) is 6.59. The Kier molecular flexibility index (Phi) is 4.82. The summed E-state index contributed by atoms with van der Waals surface area (Å²) in [6.45, 7) is 8.18. The van der Waals surface area contributed by atoms with E-state index in [0.717, 1.165) is 29.8 Å². The second-order valence-corrected chi connectivity index (χ2v) is 5.19. The van der Waals surface area contributed by atoms with Gasteiger partial charge in [-0.3, -0.25) is 4.98 Å². The standard InChI is InChI=1S/C15H22N4/c1-11(2)16-8-12(3)17-9-13-10-18-14-6-4-5-7-15(14)19-13/h4-7,10-12,16-17H,8-9H2,1-3H3. The molecule has 4 heteroatoms. The summed E-state index contributed by atoms with van der Waals surface area (Å²) in [5, 5.41) is 6.87. The fraction of sp³-hybridized carbons (Fsp3) is 0.467. The lowest BCUT2D eigenvalue weighted by atomic mass is 10.2. The predicted molar refractivity (Wildman–Crippen MR) is 79.0 cm³/mol. The van der Waals surface area contributed by atoms with Crippen molar-refractivity contribution in [3.05, 3.63) is 36.2 Å². The molecule has 1 unspecified atom stereocenters. The molecule has 0 aliphatic carbocycles. The summed E-state index contributed by atoms with van der Waals surface area (Å²) in [6, 6.07) is 8.88. The summed E-state index contributed by atoms with van der Waals surface area (Å²) >= 11 is 0. The molecule has 2 aromatic rings. The monoisotopic (exact) mass is 258 g/mol. The van der Waals surface area contributed by atoms with Crippen LogP contribution in [0.1, 0.15) is 26.5 Å². The summed E-state index contributed by atoms with van der Waals surface area (Å²) in [5.74, 6) is 0. The number of aromatic nitrogens is 2. The molecule has 0 radical (unpaired) electrons. The Morgan fingerprint density at radius 3 is 2.53 bits per heavy atom. The van der Waals surface area contributed by atoms with Crippen molar-refractivity contribution in [1.29, 1.82) is 0 Å². The van der Waals surface area contributed by atoms with Crippen molar-refractivity contribution in [2.45, 2.75) is 39.4 Å². The van der Waals surface area contributed by atoms with Crippen molar-refractivity contribution in [3.63, 3.8) is 0 Å². The number of hydrogen-bond acceptors (Lipinski definition) is 4. The average molecular weight is 258 g/mol. The van der Waals surface area contributed by atoms with Gasteiger partial charge < -0.3 is 10.6 Å². The second-order valence-electron chi connectivity index (χ2n) is 5.19. The third-order valence-electron chi connectivity index (χ3n) is 2.96. The van der Waals surface area contributed by atoms with Crippen LogP contribution in [0.2, 0.25) is 0 Å². The Hall–Kier alpha value is -1.52. The Balaban J connectivity index is 1.90. The van der Waals surface area contributed by atoms with Crippen LogP contribution in [0.3, 0.4) is 0 Å². The van der Waals surface area contributed by atoms with Gasteiger partial charge in [-0.15, -0.1) is 0 Å². The van der Waals surface area contributed by atoms with Crippen molar-refractivity contribution in [3.8, 4) is 0 Å². The Labute approximate surface area is 114 Å². The van der Waals surface area contributed by atoms with E-state index in [1.165, 1.54) is 0 Å². The number of nitrogens with one attached hydrogen (secondary N) is 2. The number of para-hydroxylation sites is 2. The minimum absolute atomic E-state index is 0.413.